The first-order valence-electron chi connectivity index (χ1n) is 20.3. The summed E-state index contributed by atoms with van der Waals surface area (Å²) >= 11 is 0. The fourth-order valence-electron chi connectivity index (χ4n) is 9.29. The molecule has 0 bridgehead atoms. The molecule has 0 aliphatic heterocycles. The third kappa shape index (κ3) is 4.88. The van der Waals surface area contributed by atoms with Crippen LogP contribution < -0.4 is 0 Å². The Morgan fingerprint density at radius 1 is 0.267 bits per heavy atom. The molecule has 0 saturated carbocycles. The van der Waals surface area contributed by atoms with Crippen LogP contribution in [0.15, 0.2) is 206 Å². The predicted molar refractivity (Wildman–Crippen MR) is 246 cm³/mol. The lowest BCUT2D eigenvalue weighted by Crippen LogP contribution is -1.95. The molecule has 60 heavy (non-hydrogen) atoms. The highest BCUT2D eigenvalue weighted by Gasteiger charge is 2.21. The van der Waals surface area contributed by atoms with Crippen LogP contribution in [0, 0.1) is 0 Å². The number of rotatable bonds is 5. The van der Waals surface area contributed by atoms with E-state index in [1.807, 2.05) is 0 Å². The molecular weight excluding hydrogens is 733 g/mol. The highest BCUT2D eigenvalue weighted by molar-refractivity contribution is 5.98. The van der Waals surface area contributed by atoms with Gasteiger partial charge in [-0.1, -0.05) is 133 Å². The van der Waals surface area contributed by atoms with Gasteiger partial charge < -0.3 is 0 Å². The van der Waals surface area contributed by atoms with E-state index in [0.717, 1.165) is 83.8 Å². The summed E-state index contributed by atoms with van der Waals surface area (Å²) in [7, 11) is 0. The van der Waals surface area contributed by atoms with Gasteiger partial charge in [0.25, 0.3) is 0 Å². The van der Waals surface area contributed by atoms with Gasteiger partial charge >= 0.3 is 0 Å². The van der Waals surface area contributed by atoms with Crippen molar-refractivity contribution in [2.24, 2.45) is 0 Å². The number of para-hydroxylation sites is 4. The van der Waals surface area contributed by atoms with Gasteiger partial charge in [0.15, 0.2) is 0 Å². The van der Waals surface area contributed by atoms with Crippen LogP contribution in [-0.2, 0) is 0 Å². The Hall–Kier alpha value is -8.22. The lowest BCUT2D eigenvalue weighted by molar-refractivity contribution is 1.11. The van der Waals surface area contributed by atoms with E-state index in [4.69, 9.17) is 9.97 Å². The highest BCUT2D eigenvalue weighted by atomic mass is 15.2. The third-order valence-electron chi connectivity index (χ3n) is 12.2. The molecule has 0 fully saturated rings. The molecule has 9 aromatic carbocycles. The quantitative estimate of drug-likeness (QED) is 0.175. The lowest BCUT2D eigenvalue weighted by atomic mass is 10.00. The fraction of sp³-hybridized carbons (Fsp3) is 0. The van der Waals surface area contributed by atoms with Crippen LogP contribution in [0.1, 0.15) is 0 Å². The number of nitrogens with zero attached hydrogens (tertiary/aromatic N) is 6. The number of aromatic nitrogens is 6. The van der Waals surface area contributed by atoms with Gasteiger partial charge in [0, 0.05) is 11.4 Å². The molecule has 6 heteroatoms. The Labute approximate surface area is 344 Å². The van der Waals surface area contributed by atoms with Crippen molar-refractivity contribution in [1.82, 2.24) is 27.9 Å². The minimum absolute atomic E-state index is 0.884. The fourth-order valence-corrected chi connectivity index (χ4v) is 9.29. The number of hydrogen-bond acceptors (Lipinski definition) is 2. The minimum atomic E-state index is 0.884. The summed E-state index contributed by atoms with van der Waals surface area (Å²) in [4.78, 5) is 10.4. The topological polar surface area (TPSA) is 44.5 Å². The normalized spacial score (nSPS) is 12.0. The van der Waals surface area contributed by atoms with Crippen LogP contribution in [0.5, 0.6) is 0 Å². The van der Waals surface area contributed by atoms with Crippen molar-refractivity contribution >= 4 is 66.5 Å². The van der Waals surface area contributed by atoms with Gasteiger partial charge in [0.2, 0.25) is 11.6 Å². The molecule has 4 aromatic heterocycles. The van der Waals surface area contributed by atoms with E-state index in [2.05, 4.69) is 224 Å². The molecule has 0 spiro atoms. The van der Waals surface area contributed by atoms with Gasteiger partial charge in [0.05, 0.1) is 44.1 Å². The molecule has 0 unspecified atom stereocenters. The SMILES string of the molecule is c1ccc(-c2ccc(-c3cccc(-n4c5ccc(-c6ccc7c(c6)n6c8ccccc8nc6n7-c6ccc7ccccc7c6)cc5n5c6ccccc6nc45)c3)cc2)cc1. The van der Waals surface area contributed by atoms with Crippen LogP contribution in [0.3, 0.4) is 0 Å². The lowest BCUT2D eigenvalue weighted by Gasteiger charge is -2.10. The summed E-state index contributed by atoms with van der Waals surface area (Å²) in [6, 6.07) is 73.8. The smallest absolute Gasteiger partial charge is 0.220 e. The van der Waals surface area contributed by atoms with Crippen molar-refractivity contribution in [2.45, 2.75) is 0 Å². The van der Waals surface area contributed by atoms with Crippen molar-refractivity contribution in [2.75, 3.05) is 0 Å². The molecule has 280 valence electrons. The molecule has 13 rings (SSSR count). The Balaban J connectivity index is 0.983. The average molecular weight is 767 g/mol. The van der Waals surface area contributed by atoms with Crippen LogP contribution in [0.2, 0.25) is 0 Å². The van der Waals surface area contributed by atoms with Gasteiger partial charge in [-0.15, -0.1) is 0 Å². The van der Waals surface area contributed by atoms with Gasteiger partial charge in [-0.25, -0.2) is 9.97 Å². The first kappa shape index (κ1) is 32.8. The summed E-state index contributed by atoms with van der Waals surface area (Å²) in [6.07, 6.45) is 0. The van der Waals surface area contributed by atoms with E-state index in [1.54, 1.807) is 0 Å². The molecule has 0 atom stereocenters. The van der Waals surface area contributed by atoms with E-state index in [0.29, 0.717) is 0 Å². The van der Waals surface area contributed by atoms with Gasteiger partial charge in [-0.3, -0.25) is 17.9 Å². The Bertz CT molecular complexity index is 3820. The maximum Gasteiger partial charge on any atom is 0.220 e. The van der Waals surface area contributed by atoms with E-state index >= 15 is 0 Å². The highest BCUT2D eigenvalue weighted by Crippen LogP contribution is 2.37. The van der Waals surface area contributed by atoms with Crippen LogP contribution in [0.25, 0.3) is 111 Å². The van der Waals surface area contributed by atoms with E-state index in [9.17, 15) is 0 Å². The summed E-state index contributed by atoms with van der Waals surface area (Å²) in [5.41, 5.74) is 17.7. The average Bonchev–Trinajstić information content (AvgIpc) is 4.05. The molecule has 6 nitrogen and oxygen atoms in total. The number of fused-ring (bicyclic) bond motifs is 11. The standard InChI is InChI=1S/C54H34N6/c1-2-11-35(12-3-1)37-21-23-38(24-22-37)40-15-10-16-43(31-40)57-49-29-26-41(33-51(49)59-47-19-8-6-17-45(47)55-53(57)59)42-27-30-50-52(34-42)60-48-20-9-7-18-46(48)56-54(60)58(50)44-28-25-36-13-4-5-14-39(36)32-44/h1-34H. The molecule has 0 radical (unpaired) electrons. The maximum atomic E-state index is 5.24. The molecule has 0 N–H and O–H groups in total. The molecule has 4 heterocycles. The minimum Gasteiger partial charge on any atom is -0.278 e. The van der Waals surface area contributed by atoms with Crippen LogP contribution >= 0.6 is 0 Å². The first-order valence-corrected chi connectivity index (χ1v) is 20.3. The van der Waals surface area contributed by atoms with E-state index in [-0.39, 0.29) is 0 Å². The number of imidazole rings is 4. The van der Waals surface area contributed by atoms with E-state index < -0.39 is 0 Å². The third-order valence-corrected chi connectivity index (χ3v) is 12.2. The number of hydrogen-bond donors (Lipinski definition) is 0. The summed E-state index contributed by atoms with van der Waals surface area (Å²) in [5.74, 6) is 1.78. The summed E-state index contributed by atoms with van der Waals surface area (Å²) < 4.78 is 9.21. The zero-order chi connectivity index (χ0) is 39.3. The second kappa shape index (κ2) is 12.6. The van der Waals surface area contributed by atoms with Crippen molar-refractivity contribution in [1.29, 1.82) is 0 Å². The monoisotopic (exact) mass is 766 g/mol. The van der Waals surface area contributed by atoms with Gasteiger partial charge in [-0.05, 0) is 117 Å². The Morgan fingerprint density at radius 2 is 0.733 bits per heavy atom. The summed E-state index contributed by atoms with van der Waals surface area (Å²) in [5, 5.41) is 2.42. The Kier molecular flexibility index (Phi) is 6.91. The number of benzene rings is 9. The molecule has 0 saturated heterocycles. The zero-order valence-electron chi connectivity index (χ0n) is 32.3. The molecule has 13 aromatic rings. The summed E-state index contributed by atoms with van der Waals surface area (Å²) in [6.45, 7) is 0. The molecular formula is C54H34N6. The van der Waals surface area contributed by atoms with Crippen LogP contribution in [0.4, 0.5) is 0 Å². The van der Waals surface area contributed by atoms with Crippen molar-refractivity contribution in [3.05, 3.63) is 206 Å². The second-order valence-electron chi connectivity index (χ2n) is 15.6. The van der Waals surface area contributed by atoms with E-state index in [1.165, 1.54) is 27.5 Å². The van der Waals surface area contributed by atoms with Gasteiger partial charge in [-0.2, -0.15) is 0 Å². The second-order valence-corrected chi connectivity index (χ2v) is 15.6. The van der Waals surface area contributed by atoms with Gasteiger partial charge in [0.1, 0.15) is 0 Å². The maximum absolute atomic E-state index is 5.24. The molecule has 0 aliphatic carbocycles. The predicted octanol–water partition coefficient (Wildman–Crippen LogP) is 13.3. The first-order chi connectivity index (χ1) is 29.7. The van der Waals surface area contributed by atoms with Crippen molar-refractivity contribution in [3.8, 4) is 44.8 Å². The largest absolute Gasteiger partial charge is 0.278 e. The molecule has 0 aliphatic rings. The van der Waals surface area contributed by atoms with Crippen molar-refractivity contribution in [3.63, 3.8) is 0 Å². The zero-order valence-corrected chi connectivity index (χ0v) is 32.3. The van der Waals surface area contributed by atoms with Crippen molar-refractivity contribution < 1.29 is 0 Å². The molecule has 0 amide bonds. The Morgan fingerprint density at radius 3 is 1.37 bits per heavy atom. The van der Waals surface area contributed by atoms with Crippen LogP contribution in [-0.4, -0.2) is 27.9 Å².